The Labute approximate surface area is 137 Å². The minimum Gasteiger partial charge on any atom is -0.497 e. The molecule has 0 unspecified atom stereocenters. The molecule has 2 N–H and O–H groups in total. The molecule has 4 rings (SSSR count). The first kappa shape index (κ1) is 14.2. The Balaban J connectivity index is 2.03. The SMILES string of the molecule is COc1ccc(-c2c(-c3cccnc3)oc3ncnc(N)c23)cc1. The van der Waals surface area contributed by atoms with Crippen LogP contribution in [0.25, 0.3) is 33.6 Å². The summed E-state index contributed by atoms with van der Waals surface area (Å²) in [4.78, 5) is 12.5. The highest BCUT2D eigenvalue weighted by atomic mass is 16.5. The second-order valence-electron chi connectivity index (χ2n) is 5.22. The third-order valence-electron chi connectivity index (χ3n) is 3.82. The van der Waals surface area contributed by atoms with Crippen LogP contribution in [0.5, 0.6) is 5.75 Å². The highest BCUT2D eigenvalue weighted by Gasteiger charge is 2.21. The van der Waals surface area contributed by atoms with Crippen molar-refractivity contribution in [1.82, 2.24) is 15.0 Å². The van der Waals surface area contributed by atoms with Crippen LogP contribution in [0.4, 0.5) is 5.82 Å². The summed E-state index contributed by atoms with van der Waals surface area (Å²) >= 11 is 0. The van der Waals surface area contributed by atoms with E-state index in [1.165, 1.54) is 6.33 Å². The Morgan fingerprint density at radius 2 is 1.88 bits per heavy atom. The Hall–Kier alpha value is -3.41. The van der Waals surface area contributed by atoms with E-state index in [0.717, 1.165) is 22.4 Å². The van der Waals surface area contributed by atoms with Gasteiger partial charge in [-0.25, -0.2) is 9.97 Å². The van der Waals surface area contributed by atoms with E-state index in [0.29, 0.717) is 22.7 Å². The largest absolute Gasteiger partial charge is 0.497 e. The summed E-state index contributed by atoms with van der Waals surface area (Å²) in [6.45, 7) is 0. The predicted octanol–water partition coefficient (Wildman–Crippen LogP) is 3.54. The Bertz CT molecular complexity index is 995. The van der Waals surface area contributed by atoms with Crippen molar-refractivity contribution in [3.63, 3.8) is 0 Å². The maximum atomic E-state index is 6.09. The van der Waals surface area contributed by atoms with Crippen molar-refractivity contribution in [3.8, 4) is 28.2 Å². The second kappa shape index (κ2) is 5.66. The van der Waals surface area contributed by atoms with Crippen molar-refractivity contribution in [3.05, 3.63) is 55.1 Å². The average molecular weight is 318 g/mol. The van der Waals surface area contributed by atoms with Crippen molar-refractivity contribution in [2.75, 3.05) is 12.8 Å². The topological polar surface area (TPSA) is 87.1 Å². The Morgan fingerprint density at radius 1 is 1.04 bits per heavy atom. The molecule has 0 atom stereocenters. The molecule has 118 valence electrons. The smallest absolute Gasteiger partial charge is 0.232 e. The van der Waals surface area contributed by atoms with E-state index >= 15 is 0 Å². The Morgan fingerprint density at radius 3 is 2.58 bits per heavy atom. The number of hydrogen-bond donors (Lipinski definition) is 1. The van der Waals surface area contributed by atoms with Crippen LogP contribution in [-0.4, -0.2) is 22.1 Å². The molecule has 0 fully saturated rings. The van der Waals surface area contributed by atoms with Gasteiger partial charge < -0.3 is 14.9 Å². The minimum atomic E-state index is 0.379. The number of anilines is 1. The molecular formula is C18H14N4O2. The van der Waals surface area contributed by atoms with Crippen LogP contribution in [-0.2, 0) is 0 Å². The van der Waals surface area contributed by atoms with E-state index in [-0.39, 0.29) is 0 Å². The van der Waals surface area contributed by atoms with Crippen LogP contribution >= 0.6 is 0 Å². The van der Waals surface area contributed by atoms with Gasteiger partial charge in [-0.15, -0.1) is 0 Å². The molecule has 4 aromatic rings. The lowest BCUT2D eigenvalue weighted by Gasteiger charge is -2.05. The van der Waals surface area contributed by atoms with Gasteiger partial charge in [0.15, 0.2) is 0 Å². The predicted molar refractivity (Wildman–Crippen MR) is 91.4 cm³/mol. The standard InChI is InChI=1S/C18H14N4O2/c1-23-13-6-4-11(5-7-13)14-15-17(19)21-10-22-18(15)24-16(14)12-3-2-8-20-9-12/h2-10H,1H3,(H2,19,21,22). The molecule has 0 aliphatic rings. The van der Waals surface area contributed by atoms with E-state index in [2.05, 4.69) is 15.0 Å². The second-order valence-corrected chi connectivity index (χ2v) is 5.22. The summed E-state index contributed by atoms with van der Waals surface area (Å²) in [5.41, 5.74) is 9.18. The van der Waals surface area contributed by atoms with Crippen molar-refractivity contribution < 1.29 is 9.15 Å². The van der Waals surface area contributed by atoms with Gasteiger partial charge in [0.05, 0.1) is 12.5 Å². The number of rotatable bonds is 3. The van der Waals surface area contributed by atoms with Crippen molar-refractivity contribution >= 4 is 16.9 Å². The molecule has 3 aromatic heterocycles. The summed E-state index contributed by atoms with van der Waals surface area (Å²) in [5, 5.41) is 0.696. The van der Waals surface area contributed by atoms with Gasteiger partial charge in [0.1, 0.15) is 23.7 Å². The minimum absolute atomic E-state index is 0.379. The lowest BCUT2D eigenvalue weighted by atomic mass is 10.00. The molecule has 0 bridgehead atoms. The van der Waals surface area contributed by atoms with Gasteiger partial charge in [-0.05, 0) is 29.8 Å². The average Bonchev–Trinajstić information content (AvgIpc) is 3.03. The monoisotopic (exact) mass is 318 g/mol. The van der Waals surface area contributed by atoms with Crippen LogP contribution < -0.4 is 10.5 Å². The number of pyridine rings is 1. The van der Waals surface area contributed by atoms with Gasteiger partial charge in [0.2, 0.25) is 5.71 Å². The molecule has 24 heavy (non-hydrogen) atoms. The lowest BCUT2D eigenvalue weighted by molar-refractivity contribution is 0.415. The van der Waals surface area contributed by atoms with Gasteiger partial charge in [0.25, 0.3) is 0 Å². The number of fused-ring (bicyclic) bond motifs is 1. The van der Waals surface area contributed by atoms with Crippen LogP contribution in [0.1, 0.15) is 0 Å². The number of nitrogens with two attached hydrogens (primary N) is 1. The van der Waals surface area contributed by atoms with Gasteiger partial charge in [-0.1, -0.05) is 12.1 Å². The first-order valence-electron chi connectivity index (χ1n) is 7.35. The zero-order chi connectivity index (χ0) is 16.5. The van der Waals surface area contributed by atoms with Crippen LogP contribution in [0.2, 0.25) is 0 Å². The molecule has 1 aromatic carbocycles. The van der Waals surface area contributed by atoms with Crippen LogP contribution in [0.15, 0.2) is 59.5 Å². The molecule has 0 radical (unpaired) electrons. The zero-order valence-electron chi connectivity index (χ0n) is 12.9. The first-order valence-corrected chi connectivity index (χ1v) is 7.35. The number of hydrogen-bond acceptors (Lipinski definition) is 6. The fourth-order valence-corrected chi connectivity index (χ4v) is 2.69. The quantitative estimate of drug-likeness (QED) is 0.621. The number of nitrogens with zero attached hydrogens (tertiary/aromatic N) is 3. The van der Waals surface area contributed by atoms with E-state index in [4.69, 9.17) is 14.9 Å². The number of ether oxygens (including phenoxy) is 1. The number of benzene rings is 1. The number of aromatic nitrogens is 3. The fraction of sp³-hybridized carbons (Fsp3) is 0.0556. The van der Waals surface area contributed by atoms with Gasteiger partial charge in [-0.3, -0.25) is 4.98 Å². The summed E-state index contributed by atoms with van der Waals surface area (Å²) in [5.74, 6) is 1.82. The molecule has 0 aliphatic carbocycles. The first-order chi connectivity index (χ1) is 11.8. The van der Waals surface area contributed by atoms with E-state index in [1.54, 1.807) is 19.5 Å². The van der Waals surface area contributed by atoms with Crippen molar-refractivity contribution in [2.45, 2.75) is 0 Å². The van der Waals surface area contributed by atoms with Crippen LogP contribution in [0, 0.1) is 0 Å². The van der Waals surface area contributed by atoms with E-state index < -0.39 is 0 Å². The third kappa shape index (κ3) is 2.25. The summed E-state index contributed by atoms with van der Waals surface area (Å²) < 4.78 is 11.2. The molecule has 6 heteroatoms. The van der Waals surface area contributed by atoms with E-state index in [9.17, 15) is 0 Å². The van der Waals surface area contributed by atoms with Crippen molar-refractivity contribution in [1.29, 1.82) is 0 Å². The highest BCUT2D eigenvalue weighted by molar-refractivity contribution is 6.05. The normalized spacial score (nSPS) is 10.9. The molecule has 0 amide bonds. The molecule has 3 heterocycles. The molecule has 0 saturated heterocycles. The molecule has 0 saturated carbocycles. The summed E-state index contributed by atoms with van der Waals surface area (Å²) in [6, 6.07) is 11.5. The maximum absolute atomic E-state index is 6.09. The highest BCUT2D eigenvalue weighted by Crippen LogP contribution is 2.41. The molecular weight excluding hydrogens is 304 g/mol. The van der Waals surface area contributed by atoms with Crippen LogP contribution in [0.3, 0.4) is 0 Å². The number of nitrogen functional groups attached to an aromatic ring is 1. The molecule has 0 aliphatic heterocycles. The number of furan rings is 1. The lowest BCUT2D eigenvalue weighted by Crippen LogP contribution is -1.92. The zero-order valence-corrected chi connectivity index (χ0v) is 12.9. The van der Waals surface area contributed by atoms with Gasteiger partial charge in [0, 0.05) is 23.5 Å². The maximum Gasteiger partial charge on any atom is 0.232 e. The summed E-state index contributed by atoms with van der Waals surface area (Å²) in [7, 11) is 1.63. The third-order valence-corrected chi connectivity index (χ3v) is 3.82. The van der Waals surface area contributed by atoms with E-state index in [1.807, 2.05) is 36.4 Å². The fourth-order valence-electron chi connectivity index (χ4n) is 2.69. The van der Waals surface area contributed by atoms with Crippen molar-refractivity contribution in [2.24, 2.45) is 0 Å². The van der Waals surface area contributed by atoms with Gasteiger partial charge >= 0.3 is 0 Å². The summed E-state index contributed by atoms with van der Waals surface area (Å²) in [6.07, 6.45) is 4.85. The Kier molecular flexibility index (Phi) is 3.35. The molecule has 0 spiro atoms. The van der Waals surface area contributed by atoms with Gasteiger partial charge in [-0.2, -0.15) is 0 Å². The number of methoxy groups -OCH3 is 1. The molecule has 6 nitrogen and oxygen atoms in total.